The predicted octanol–water partition coefficient (Wildman–Crippen LogP) is 4.64. The molecule has 4 nitrogen and oxygen atoms in total. The molecule has 4 heteroatoms. The van der Waals surface area contributed by atoms with Gasteiger partial charge in [-0.3, -0.25) is 14.5 Å². The summed E-state index contributed by atoms with van der Waals surface area (Å²) in [5.41, 5.74) is 3.96. The molecule has 1 amide bonds. The van der Waals surface area contributed by atoms with Crippen LogP contribution >= 0.6 is 0 Å². The number of ketones is 1. The molecule has 0 unspecified atom stereocenters. The number of anilines is 2. The third kappa shape index (κ3) is 3.45. The number of allylic oxidation sites excluding steroid dienone is 1. The molecule has 0 radical (unpaired) electrons. The van der Waals surface area contributed by atoms with Crippen molar-refractivity contribution in [3.8, 4) is 0 Å². The molecule has 0 spiro atoms. The second kappa shape index (κ2) is 7.53. The Labute approximate surface area is 164 Å². The van der Waals surface area contributed by atoms with Crippen molar-refractivity contribution >= 4 is 29.1 Å². The Hall–Kier alpha value is -3.66. The molecule has 0 aliphatic carbocycles. The summed E-state index contributed by atoms with van der Waals surface area (Å²) in [6.45, 7) is 0.469. The predicted molar refractivity (Wildman–Crippen MR) is 113 cm³/mol. The zero-order chi connectivity index (χ0) is 19.5. The van der Waals surface area contributed by atoms with E-state index in [-0.39, 0.29) is 11.7 Å². The van der Waals surface area contributed by atoms with E-state index in [1.807, 2.05) is 78.7 Å². The molecule has 3 aromatic carbocycles. The van der Waals surface area contributed by atoms with Gasteiger partial charge in [-0.25, -0.2) is 0 Å². The minimum atomic E-state index is -0.0668. The first-order valence-corrected chi connectivity index (χ1v) is 9.13. The highest BCUT2D eigenvalue weighted by atomic mass is 16.2. The molecule has 28 heavy (non-hydrogen) atoms. The highest BCUT2D eigenvalue weighted by Gasteiger charge is 2.28. The number of carbonyl (C=O) groups excluding carboxylic acids is 2. The molecule has 0 N–H and O–H groups in total. The lowest BCUT2D eigenvalue weighted by Crippen LogP contribution is -2.45. The van der Waals surface area contributed by atoms with Gasteiger partial charge in [-0.1, -0.05) is 48.5 Å². The maximum atomic E-state index is 12.9. The van der Waals surface area contributed by atoms with E-state index < -0.39 is 0 Å². The van der Waals surface area contributed by atoms with Crippen LogP contribution in [0.15, 0.2) is 84.9 Å². The Morgan fingerprint density at radius 3 is 2.32 bits per heavy atom. The maximum Gasteiger partial charge on any atom is 0.261 e. The smallest absolute Gasteiger partial charge is 0.261 e. The van der Waals surface area contributed by atoms with Crippen molar-refractivity contribution in [1.82, 2.24) is 0 Å². The molecule has 0 fully saturated rings. The average molecular weight is 368 g/mol. The summed E-state index contributed by atoms with van der Waals surface area (Å²) in [6.07, 6.45) is 3.37. The van der Waals surface area contributed by atoms with Crippen LogP contribution in [0.1, 0.15) is 26.3 Å². The Balaban J connectivity index is 1.53. The summed E-state index contributed by atoms with van der Waals surface area (Å²) in [4.78, 5) is 29.0. The van der Waals surface area contributed by atoms with Crippen molar-refractivity contribution in [2.75, 3.05) is 23.5 Å². The van der Waals surface area contributed by atoms with Gasteiger partial charge in [0.25, 0.3) is 5.91 Å². The fourth-order valence-electron chi connectivity index (χ4n) is 3.32. The molecule has 138 valence electrons. The van der Waals surface area contributed by atoms with Gasteiger partial charge in [0.2, 0.25) is 0 Å². The van der Waals surface area contributed by atoms with Gasteiger partial charge in [0.05, 0.1) is 17.9 Å². The molecular formula is C24H20N2O2. The number of amides is 1. The summed E-state index contributed by atoms with van der Waals surface area (Å²) in [7, 11) is 1.96. The number of hydrogen-bond acceptors (Lipinski definition) is 3. The standard InChI is InChI=1S/C24H20N2O2/c1-25-17-26(24(28)21-9-5-6-10-22(21)25)20-14-12-19(13-15-20)23(27)16-11-18-7-3-2-4-8-18/h2-16H,17H2,1H3/b16-11+. The number of rotatable bonds is 4. The van der Waals surface area contributed by atoms with E-state index in [1.165, 1.54) is 0 Å². The fourth-order valence-corrected chi connectivity index (χ4v) is 3.32. The van der Waals surface area contributed by atoms with E-state index in [2.05, 4.69) is 0 Å². The fraction of sp³-hybridized carbons (Fsp3) is 0.0833. The Bertz CT molecular complexity index is 1040. The van der Waals surface area contributed by atoms with Crippen molar-refractivity contribution in [2.24, 2.45) is 0 Å². The van der Waals surface area contributed by atoms with Crippen molar-refractivity contribution in [2.45, 2.75) is 0 Å². The van der Waals surface area contributed by atoms with Gasteiger partial charge in [0, 0.05) is 18.3 Å². The molecule has 3 aromatic rings. The molecule has 1 aliphatic heterocycles. The van der Waals surface area contributed by atoms with Crippen LogP contribution in [0.2, 0.25) is 0 Å². The van der Waals surface area contributed by atoms with Crippen LogP contribution in [0.3, 0.4) is 0 Å². The summed E-state index contributed by atoms with van der Waals surface area (Å²) in [6, 6.07) is 24.5. The number of fused-ring (bicyclic) bond motifs is 1. The lowest BCUT2D eigenvalue weighted by atomic mass is 10.1. The first kappa shape index (κ1) is 17.7. The van der Waals surface area contributed by atoms with Gasteiger partial charge in [-0.15, -0.1) is 0 Å². The molecule has 0 aromatic heterocycles. The lowest BCUT2D eigenvalue weighted by Gasteiger charge is -2.35. The van der Waals surface area contributed by atoms with Gasteiger partial charge in [0.15, 0.2) is 5.78 Å². The first-order valence-electron chi connectivity index (χ1n) is 9.13. The molecule has 4 rings (SSSR count). The first-order chi connectivity index (χ1) is 13.6. The molecule has 1 heterocycles. The van der Waals surface area contributed by atoms with Gasteiger partial charge in [0.1, 0.15) is 0 Å². The second-order valence-corrected chi connectivity index (χ2v) is 6.74. The van der Waals surface area contributed by atoms with E-state index in [0.29, 0.717) is 17.8 Å². The largest absolute Gasteiger partial charge is 0.356 e. The Kier molecular flexibility index (Phi) is 4.77. The van der Waals surface area contributed by atoms with Gasteiger partial charge < -0.3 is 4.90 Å². The molecular weight excluding hydrogens is 348 g/mol. The zero-order valence-electron chi connectivity index (χ0n) is 15.6. The molecule has 1 aliphatic rings. The quantitative estimate of drug-likeness (QED) is 0.498. The zero-order valence-corrected chi connectivity index (χ0v) is 15.6. The molecule has 0 saturated carbocycles. The van der Waals surface area contributed by atoms with Crippen LogP contribution in [-0.4, -0.2) is 25.4 Å². The number of para-hydroxylation sites is 1. The van der Waals surface area contributed by atoms with Crippen molar-refractivity contribution in [3.63, 3.8) is 0 Å². The van der Waals surface area contributed by atoms with Gasteiger partial charge >= 0.3 is 0 Å². The van der Waals surface area contributed by atoms with E-state index in [0.717, 1.165) is 16.9 Å². The monoisotopic (exact) mass is 368 g/mol. The Morgan fingerprint density at radius 1 is 0.893 bits per heavy atom. The highest BCUT2D eigenvalue weighted by Crippen LogP contribution is 2.29. The van der Waals surface area contributed by atoms with Gasteiger partial charge in [-0.2, -0.15) is 0 Å². The minimum Gasteiger partial charge on any atom is -0.356 e. The van der Waals surface area contributed by atoms with E-state index in [9.17, 15) is 9.59 Å². The number of benzene rings is 3. The summed E-state index contributed by atoms with van der Waals surface area (Å²) >= 11 is 0. The van der Waals surface area contributed by atoms with Crippen LogP contribution in [0.4, 0.5) is 11.4 Å². The molecule has 0 bridgehead atoms. The highest BCUT2D eigenvalue weighted by molar-refractivity contribution is 6.12. The average Bonchev–Trinajstić information content (AvgIpc) is 2.75. The van der Waals surface area contributed by atoms with Crippen LogP contribution in [0.5, 0.6) is 0 Å². The van der Waals surface area contributed by atoms with Crippen molar-refractivity contribution in [3.05, 3.63) is 102 Å². The van der Waals surface area contributed by atoms with Crippen LogP contribution in [0, 0.1) is 0 Å². The summed E-state index contributed by atoms with van der Waals surface area (Å²) in [5, 5.41) is 0. The van der Waals surface area contributed by atoms with Crippen molar-refractivity contribution < 1.29 is 9.59 Å². The lowest BCUT2D eigenvalue weighted by molar-refractivity contribution is 0.0982. The van der Waals surface area contributed by atoms with Crippen molar-refractivity contribution in [1.29, 1.82) is 0 Å². The van der Waals surface area contributed by atoms with E-state index in [4.69, 9.17) is 0 Å². The third-order valence-electron chi connectivity index (χ3n) is 4.83. The number of hydrogen-bond donors (Lipinski definition) is 0. The summed E-state index contributed by atoms with van der Waals surface area (Å²) in [5.74, 6) is -0.0976. The maximum absolute atomic E-state index is 12.9. The molecule has 0 saturated heterocycles. The minimum absolute atomic E-state index is 0.0308. The van der Waals surface area contributed by atoms with E-state index in [1.54, 1.807) is 29.2 Å². The van der Waals surface area contributed by atoms with Crippen LogP contribution in [0.25, 0.3) is 6.08 Å². The third-order valence-corrected chi connectivity index (χ3v) is 4.83. The number of carbonyl (C=O) groups is 2. The van der Waals surface area contributed by atoms with E-state index >= 15 is 0 Å². The molecule has 0 atom stereocenters. The van der Waals surface area contributed by atoms with Crippen LogP contribution < -0.4 is 9.80 Å². The normalized spacial score (nSPS) is 13.7. The summed E-state index contributed by atoms with van der Waals surface area (Å²) < 4.78 is 0. The topological polar surface area (TPSA) is 40.6 Å². The SMILES string of the molecule is CN1CN(c2ccc(C(=O)/C=C/c3ccccc3)cc2)C(=O)c2ccccc21. The Morgan fingerprint density at radius 2 is 1.57 bits per heavy atom. The second-order valence-electron chi connectivity index (χ2n) is 6.74. The number of nitrogens with zero attached hydrogens (tertiary/aromatic N) is 2. The van der Waals surface area contributed by atoms with Crippen LogP contribution in [-0.2, 0) is 0 Å². The van der Waals surface area contributed by atoms with Gasteiger partial charge in [-0.05, 0) is 48.0 Å².